The van der Waals surface area contributed by atoms with Crippen LogP contribution in [-0.4, -0.2) is 15.8 Å². The van der Waals surface area contributed by atoms with Crippen LogP contribution in [0.5, 0.6) is 0 Å². The van der Waals surface area contributed by atoms with Crippen molar-refractivity contribution in [2.75, 3.05) is 5.32 Å². The molecule has 2 amide bonds. The normalized spacial score (nSPS) is 14.5. The maximum atomic E-state index is 12.2. The molecule has 1 aromatic carbocycles. The third-order valence-electron chi connectivity index (χ3n) is 4.29. The number of fused-ring (bicyclic) bond motifs is 1. The average molecular weight is 298 g/mol. The van der Waals surface area contributed by atoms with Gasteiger partial charge >= 0.3 is 6.03 Å². The summed E-state index contributed by atoms with van der Waals surface area (Å²) in [5.41, 5.74) is 4.63. The highest BCUT2D eigenvalue weighted by Gasteiger charge is 2.16. The summed E-state index contributed by atoms with van der Waals surface area (Å²) in [6.07, 6.45) is 6.04. The number of benzene rings is 1. The minimum atomic E-state index is -0.175. The lowest BCUT2D eigenvalue weighted by molar-refractivity contribution is 0.247. The Labute approximate surface area is 130 Å². The van der Waals surface area contributed by atoms with Crippen molar-refractivity contribution in [3.05, 3.63) is 47.3 Å². The van der Waals surface area contributed by atoms with Gasteiger partial charge in [-0.05, 0) is 55.0 Å². The van der Waals surface area contributed by atoms with E-state index in [9.17, 15) is 4.79 Å². The molecular formula is C17H22N4O. The van der Waals surface area contributed by atoms with E-state index in [1.165, 1.54) is 17.5 Å². The van der Waals surface area contributed by atoms with Gasteiger partial charge in [-0.2, -0.15) is 5.10 Å². The molecule has 0 bridgehead atoms. The molecule has 1 aliphatic carbocycles. The smallest absolute Gasteiger partial charge is 0.319 e. The van der Waals surface area contributed by atoms with Crippen LogP contribution in [0.3, 0.4) is 0 Å². The first-order valence-electron chi connectivity index (χ1n) is 7.84. The summed E-state index contributed by atoms with van der Waals surface area (Å²) >= 11 is 0. The summed E-state index contributed by atoms with van der Waals surface area (Å²) < 4.78 is 1.80. The van der Waals surface area contributed by atoms with Crippen LogP contribution >= 0.6 is 0 Å². The SMILES string of the molecule is CC[C@@H](NC(=O)Nc1ccc2c(c1)CCC2)c1ccnn1C. The number of aryl methyl sites for hydroxylation is 3. The lowest BCUT2D eigenvalue weighted by Crippen LogP contribution is -2.33. The predicted octanol–water partition coefficient (Wildman–Crippen LogP) is 3.18. The molecule has 0 radical (unpaired) electrons. The van der Waals surface area contributed by atoms with Gasteiger partial charge in [0, 0.05) is 18.9 Å². The largest absolute Gasteiger partial charge is 0.330 e. The van der Waals surface area contributed by atoms with Crippen molar-refractivity contribution in [1.29, 1.82) is 0 Å². The maximum Gasteiger partial charge on any atom is 0.319 e. The second kappa shape index (κ2) is 6.22. The zero-order chi connectivity index (χ0) is 15.5. The third-order valence-corrected chi connectivity index (χ3v) is 4.29. The van der Waals surface area contributed by atoms with E-state index in [1.54, 1.807) is 10.9 Å². The number of carbonyl (C=O) groups is 1. The van der Waals surface area contributed by atoms with Crippen LogP contribution in [0.25, 0.3) is 0 Å². The van der Waals surface area contributed by atoms with E-state index in [1.807, 2.05) is 26.1 Å². The fraction of sp³-hybridized carbons (Fsp3) is 0.412. The van der Waals surface area contributed by atoms with Crippen molar-refractivity contribution in [1.82, 2.24) is 15.1 Å². The zero-order valence-corrected chi connectivity index (χ0v) is 13.1. The summed E-state index contributed by atoms with van der Waals surface area (Å²) in [6.45, 7) is 2.05. The van der Waals surface area contributed by atoms with E-state index in [4.69, 9.17) is 0 Å². The lowest BCUT2D eigenvalue weighted by Gasteiger charge is -2.18. The maximum absolute atomic E-state index is 12.2. The molecule has 0 saturated heterocycles. The van der Waals surface area contributed by atoms with E-state index >= 15 is 0 Å². The Hall–Kier alpha value is -2.30. The number of anilines is 1. The Morgan fingerprint density at radius 3 is 2.86 bits per heavy atom. The molecule has 1 atom stereocenters. The Balaban J connectivity index is 1.65. The minimum absolute atomic E-state index is 0.0399. The van der Waals surface area contributed by atoms with Crippen LogP contribution in [0.1, 0.15) is 42.6 Å². The number of aromatic nitrogens is 2. The standard InChI is InChI=1S/C17H22N4O/c1-3-15(16-9-10-18-21(16)2)20-17(22)19-14-8-7-12-5-4-6-13(12)11-14/h7-11,15H,3-6H2,1-2H3,(H2,19,20,22)/t15-/m1/s1. The summed E-state index contributed by atoms with van der Waals surface area (Å²) in [5, 5.41) is 10.1. The second-order valence-corrected chi connectivity index (χ2v) is 5.78. The number of carbonyl (C=O) groups excluding carboxylic acids is 1. The number of amides is 2. The average Bonchev–Trinajstić information content (AvgIpc) is 3.13. The predicted molar refractivity (Wildman–Crippen MR) is 86.9 cm³/mol. The zero-order valence-electron chi connectivity index (χ0n) is 13.1. The van der Waals surface area contributed by atoms with E-state index in [-0.39, 0.29) is 12.1 Å². The molecule has 0 saturated carbocycles. The number of hydrogen-bond acceptors (Lipinski definition) is 2. The van der Waals surface area contributed by atoms with Gasteiger partial charge < -0.3 is 10.6 Å². The van der Waals surface area contributed by atoms with Crippen LogP contribution in [0.4, 0.5) is 10.5 Å². The fourth-order valence-electron chi connectivity index (χ4n) is 3.09. The van der Waals surface area contributed by atoms with Crippen molar-refractivity contribution in [3.8, 4) is 0 Å². The molecule has 2 aromatic rings. The van der Waals surface area contributed by atoms with Crippen LogP contribution in [0, 0.1) is 0 Å². The number of nitrogens with zero attached hydrogens (tertiary/aromatic N) is 2. The lowest BCUT2D eigenvalue weighted by atomic mass is 10.1. The molecule has 5 nitrogen and oxygen atoms in total. The van der Waals surface area contributed by atoms with Crippen LogP contribution in [0.15, 0.2) is 30.5 Å². The highest BCUT2D eigenvalue weighted by Crippen LogP contribution is 2.25. The number of nitrogens with one attached hydrogen (secondary N) is 2. The van der Waals surface area contributed by atoms with Gasteiger partial charge in [0.1, 0.15) is 0 Å². The molecule has 3 rings (SSSR count). The van der Waals surface area contributed by atoms with Gasteiger partial charge in [0.05, 0.1) is 11.7 Å². The van der Waals surface area contributed by atoms with Gasteiger partial charge in [0.2, 0.25) is 0 Å². The number of hydrogen-bond donors (Lipinski definition) is 2. The molecule has 5 heteroatoms. The van der Waals surface area contributed by atoms with Gasteiger partial charge in [0.25, 0.3) is 0 Å². The van der Waals surface area contributed by atoms with Gasteiger partial charge in [-0.3, -0.25) is 4.68 Å². The quantitative estimate of drug-likeness (QED) is 0.910. The van der Waals surface area contributed by atoms with Crippen molar-refractivity contribution < 1.29 is 4.79 Å². The van der Waals surface area contributed by atoms with Crippen LogP contribution in [0.2, 0.25) is 0 Å². The highest BCUT2D eigenvalue weighted by molar-refractivity contribution is 5.89. The molecule has 0 spiro atoms. The topological polar surface area (TPSA) is 59.0 Å². The monoisotopic (exact) mass is 298 g/mol. The molecule has 116 valence electrons. The Bertz CT molecular complexity index is 677. The molecule has 2 N–H and O–H groups in total. The first kappa shape index (κ1) is 14.6. The van der Waals surface area contributed by atoms with E-state index in [2.05, 4.69) is 27.9 Å². The summed E-state index contributed by atoms with van der Waals surface area (Å²) in [4.78, 5) is 12.2. The molecule has 0 fully saturated rings. The van der Waals surface area contributed by atoms with Crippen molar-refractivity contribution in [3.63, 3.8) is 0 Å². The highest BCUT2D eigenvalue weighted by atomic mass is 16.2. The van der Waals surface area contributed by atoms with Gasteiger partial charge in [-0.15, -0.1) is 0 Å². The first-order valence-corrected chi connectivity index (χ1v) is 7.84. The van der Waals surface area contributed by atoms with Gasteiger partial charge in [-0.1, -0.05) is 13.0 Å². The summed E-state index contributed by atoms with van der Waals surface area (Å²) in [5.74, 6) is 0. The molecule has 1 aliphatic rings. The molecule has 1 heterocycles. The van der Waals surface area contributed by atoms with Crippen molar-refractivity contribution in [2.24, 2.45) is 7.05 Å². The van der Waals surface area contributed by atoms with E-state index in [0.717, 1.165) is 30.6 Å². The van der Waals surface area contributed by atoms with Gasteiger partial charge in [-0.25, -0.2) is 4.79 Å². The number of urea groups is 1. The van der Waals surface area contributed by atoms with E-state index in [0.29, 0.717) is 0 Å². The Morgan fingerprint density at radius 1 is 1.32 bits per heavy atom. The summed E-state index contributed by atoms with van der Waals surface area (Å²) in [7, 11) is 1.89. The molecule has 0 aliphatic heterocycles. The first-order chi connectivity index (χ1) is 10.7. The van der Waals surface area contributed by atoms with Crippen molar-refractivity contribution in [2.45, 2.75) is 38.6 Å². The fourth-order valence-corrected chi connectivity index (χ4v) is 3.09. The molecular weight excluding hydrogens is 276 g/mol. The van der Waals surface area contributed by atoms with E-state index < -0.39 is 0 Å². The molecule has 22 heavy (non-hydrogen) atoms. The van der Waals surface area contributed by atoms with Crippen molar-refractivity contribution >= 4 is 11.7 Å². The molecule has 0 unspecified atom stereocenters. The van der Waals surface area contributed by atoms with Gasteiger partial charge in [0.15, 0.2) is 0 Å². The second-order valence-electron chi connectivity index (χ2n) is 5.78. The Morgan fingerprint density at radius 2 is 2.14 bits per heavy atom. The number of rotatable bonds is 4. The Kier molecular flexibility index (Phi) is 4.13. The third kappa shape index (κ3) is 2.98. The minimum Gasteiger partial charge on any atom is -0.330 e. The van der Waals surface area contributed by atoms with Crippen LogP contribution < -0.4 is 10.6 Å². The van der Waals surface area contributed by atoms with Crippen LogP contribution in [-0.2, 0) is 19.9 Å². The molecule has 1 aromatic heterocycles. The summed E-state index contributed by atoms with van der Waals surface area (Å²) in [6, 6.07) is 7.91.